The molecule has 1 amide bonds. The minimum absolute atomic E-state index is 0.0219. The molecule has 0 aromatic heterocycles. The molecule has 0 atom stereocenters. The lowest BCUT2D eigenvalue weighted by Crippen LogP contribution is -2.26. The number of hydrogen-bond acceptors (Lipinski definition) is 4. The molecule has 0 saturated heterocycles. The minimum Gasteiger partial charge on any atom is -0.494 e. The van der Waals surface area contributed by atoms with Crippen LogP contribution in [0.1, 0.15) is 15.9 Å². The van der Waals surface area contributed by atoms with Crippen LogP contribution < -0.4 is 10.1 Å². The van der Waals surface area contributed by atoms with Gasteiger partial charge in [0.2, 0.25) is 10.0 Å². The van der Waals surface area contributed by atoms with Crippen LogP contribution >= 0.6 is 0 Å². The number of carbonyl (C=O) groups excluding carboxylic acids is 1. The summed E-state index contributed by atoms with van der Waals surface area (Å²) < 4.78 is 44.8. The standard InChI is InChI=1S/C17H19FN2O4S/c1-19-17(21)13-6-4-12(5-7-13)11-20(2)25(22,23)14-8-9-16(24-3)15(18)10-14/h4-10H,11H2,1-3H3,(H,19,21). The van der Waals surface area contributed by atoms with Crippen LogP contribution in [0.4, 0.5) is 4.39 Å². The quantitative estimate of drug-likeness (QED) is 0.849. The highest BCUT2D eigenvalue weighted by Gasteiger charge is 2.22. The molecule has 2 aromatic carbocycles. The van der Waals surface area contributed by atoms with Crippen molar-refractivity contribution in [1.29, 1.82) is 0 Å². The molecule has 134 valence electrons. The van der Waals surface area contributed by atoms with E-state index in [-0.39, 0.29) is 23.1 Å². The highest BCUT2D eigenvalue weighted by atomic mass is 32.2. The summed E-state index contributed by atoms with van der Waals surface area (Å²) in [7, 11) is 0.389. The topological polar surface area (TPSA) is 75.7 Å². The fourth-order valence-electron chi connectivity index (χ4n) is 2.24. The van der Waals surface area contributed by atoms with Crippen LogP contribution in [0, 0.1) is 5.82 Å². The van der Waals surface area contributed by atoms with E-state index in [1.54, 1.807) is 24.3 Å². The third-order valence-electron chi connectivity index (χ3n) is 3.68. The maximum atomic E-state index is 13.8. The number of sulfonamides is 1. The van der Waals surface area contributed by atoms with E-state index in [0.29, 0.717) is 11.1 Å². The van der Waals surface area contributed by atoms with Crippen LogP contribution in [-0.2, 0) is 16.6 Å². The van der Waals surface area contributed by atoms with Crippen LogP contribution in [0.2, 0.25) is 0 Å². The van der Waals surface area contributed by atoms with Gasteiger partial charge in [0.25, 0.3) is 5.91 Å². The first-order chi connectivity index (χ1) is 11.8. The number of benzene rings is 2. The average Bonchev–Trinajstić information content (AvgIpc) is 2.61. The van der Waals surface area contributed by atoms with E-state index in [1.165, 1.54) is 33.3 Å². The van der Waals surface area contributed by atoms with Crippen molar-refractivity contribution in [2.24, 2.45) is 0 Å². The molecular weight excluding hydrogens is 347 g/mol. The first-order valence-electron chi connectivity index (χ1n) is 7.40. The van der Waals surface area contributed by atoms with Crippen LogP contribution in [0.5, 0.6) is 5.75 Å². The van der Waals surface area contributed by atoms with Crippen molar-refractivity contribution >= 4 is 15.9 Å². The molecule has 0 bridgehead atoms. The van der Waals surface area contributed by atoms with Gasteiger partial charge in [-0.05, 0) is 35.9 Å². The van der Waals surface area contributed by atoms with Gasteiger partial charge < -0.3 is 10.1 Å². The van der Waals surface area contributed by atoms with Gasteiger partial charge in [0.1, 0.15) is 0 Å². The highest BCUT2D eigenvalue weighted by Crippen LogP contribution is 2.23. The monoisotopic (exact) mass is 366 g/mol. The van der Waals surface area contributed by atoms with Gasteiger partial charge in [-0.25, -0.2) is 12.8 Å². The second kappa shape index (κ2) is 7.62. The van der Waals surface area contributed by atoms with Crippen molar-refractivity contribution < 1.29 is 22.3 Å². The van der Waals surface area contributed by atoms with E-state index in [4.69, 9.17) is 4.74 Å². The summed E-state index contributed by atoms with van der Waals surface area (Å²) in [4.78, 5) is 11.4. The Bertz CT molecular complexity index is 867. The highest BCUT2D eigenvalue weighted by molar-refractivity contribution is 7.89. The van der Waals surface area contributed by atoms with E-state index in [1.807, 2.05) is 0 Å². The van der Waals surface area contributed by atoms with Gasteiger partial charge in [-0.1, -0.05) is 12.1 Å². The third kappa shape index (κ3) is 4.15. The van der Waals surface area contributed by atoms with E-state index in [0.717, 1.165) is 10.4 Å². The first-order valence-corrected chi connectivity index (χ1v) is 8.84. The normalized spacial score (nSPS) is 11.4. The van der Waals surface area contributed by atoms with Gasteiger partial charge in [-0.15, -0.1) is 0 Å². The van der Waals surface area contributed by atoms with Crippen molar-refractivity contribution in [3.63, 3.8) is 0 Å². The number of carbonyl (C=O) groups is 1. The molecule has 0 fully saturated rings. The molecule has 1 N–H and O–H groups in total. The van der Waals surface area contributed by atoms with Gasteiger partial charge in [0.05, 0.1) is 12.0 Å². The zero-order valence-corrected chi connectivity index (χ0v) is 14.9. The average molecular weight is 366 g/mol. The molecule has 0 saturated carbocycles. The Morgan fingerprint density at radius 1 is 1.20 bits per heavy atom. The Kier molecular flexibility index (Phi) is 5.76. The molecule has 6 nitrogen and oxygen atoms in total. The first kappa shape index (κ1) is 18.9. The van der Waals surface area contributed by atoms with E-state index < -0.39 is 15.8 Å². The summed E-state index contributed by atoms with van der Waals surface area (Å²) in [5, 5.41) is 2.51. The number of hydrogen-bond donors (Lipinski definition) is 1. The Balaban J connectivity index is 2.20. The van der Waals surface area contributed by atoms with Crippen LogP contribution in [0.15, 0.2) is 47.4 Å². The number of methoxy groups -OCH3 is 1. The van der Waals surface area contributed by atoms with Crippen molar-refractivity contribution in [1.82, 2.24) is 9.62 Å². The Morgan fingerprint density at radius 3 is 2.36 bits per heavy atom. The lowest BCUT2D eigenvalue weighted by atomic mass is 10.1. The second-order valence-corrected chi connectivity index (χ2v) is 7.38. The molecule has 0 heterocycles. The molecule has 0 spiro atoms. The number of ether oxygens (including phenoxy) is 1. The van der Waals surface area contributed by atoms with Crippen molar-refractivity contribution in [3.8, 4) is 5.75 Å². The molecule has 0 aliphatic carbocycles. The van der Waals surface area contributed by atoms with Gasteiger partial charge in [0, 0.05) is 26.2 Å². The fraction of sp³-hybridized carbons (Fsp3) is 0.235. The third-order valence-corrected chi connectivity index (χ3v) is 5.48. The van der Waals surface area contributed by atoms with Gasteiger partial charge in [-0.2, -0.15) is 4.31 Å². The molecule has 25 heavy (non-hydrogen) atoms. The van der Waals surface area contributed by atoms with Crippen LogP contribution in [0.25, 0.3) is 0 Å². The van der Waals surface area contributed by atoms with Crippen molar-refractivity contribution in [2.45, 2.75) is 11.4 Å². The summed E-state index contributed by atoms with van der Waals surface area (Å²) in [5.74, 6) is -0.987. The molecule has 2 rings (SSSR count). The fourth-order valence-corrected chi connectivity index (χ4v) is 3.41. The summed E-state index contributed by atoms with van der Waals surface area (Å²) in [6.45, 7) is 0.0873. The number of nitrogens with one attached hydrogen (secondary N) is 1. The largest absolute Gasteiger partial charge is 0.494 e. The van der Waals surface area contributed by atoms with Crippen molar-refractivity contribution in [2.75, 3.05) is 21.2 Å². The lowest BCUT2D eigenvalue weighted by molar-refractivity contribution is 0.0963. The van der Waals surface area contributed by atoms with E-state index in [2.05, 4.69) is 5.32 Å². The van der Waals surface area contributed by atoms with Crippen LogP contribution in [0.3, 0.4) is 0 Å². The summed E-state index contributed by atoms with van der Waals surface area (Å²) >= 11 is 0. The van der Waals surface area contributed by atoms with E-state index in [9.17, 15) is 17.6 Å². The molecule has 0 radical (unpaired) electrons. The van der Waals surface area contributed by atoms with Crippen LogP contribution in [-0.4, -0.2) is 39.8 Å². The lowest BCUT2D eigenvalue weighted by Gasteiger charge is -2.18. The zero-order chi connectivity index (χ0) is 18.6. The van der Waals surface area contributed by atoms with E-state index >= 15 is 0 Å². The minimum atomic E-state index is -3.86. The Labute approximate surface area is 146 Å². The van der Waals surface area contributed by atoms with Gasteiger partial charge >= 0.3 is 0 Å². The maximum absolute atomic E-state index is 13.8. The molecule has 2 aromatic rings. The second-order valence-electron chi connectivity index (χ2n) is 5.33. The predicted octanol–water partition coefficient (Wildman–Crippen LogP) is 2.01. The Hall–Kier alpha value is -2.45. The Morgan fingerprint density at radius 2 is 1.84 bits per heavy atom. The number of amides is 1. The van der Waals surface area contributed by atoms with Crippen molar-refractivity contribution in [3.05, 3.63) is 59.4 Å². The number of rotatable bonds is 6. The number of halogens is 1. The SMILES string of the molecule is CNC(=O)c1ccc(CN(C)S(=O)(=O)c2ccc(OC)c(F)c2)cc1. The zero-order valence-electron chi connectivity index (χ0n) is 14.1. The summed E-state index contributed by atoms with van der Waals surface area (Å²) in [6.07, 6.45) is 0. The smallest absolute Gasteiger partial charge is 0.251 e. The molecular formula is C17H19FN2O4S. The maximum Gasteiger partial charge on any atom is 0.251 e. The van der Waals surface area contributed by atoms with Gasteiger partial charge in [0.15, 0.2) is 11.6 Å². The summed E-state index contributed by atoms with van der Waals surface area (Å²) in [6, 6.07) is 10.1. The molecule has 8 heteroatoms. The number of nitrogens with zero attached hydrogens (tertiary/aromatic N) is 1. The molecule has 0 aliphatic heterocycles. The summed E-state index contributed by atoms with van der Waals surface area (Å²) in [5.41, 5.74) is 1.18. The molecule has 0 aliphatic rings. The molecule has 0 unspecified atom stereocenters. The predicted molar refractivity (Wildman–Crippen MR) is 91.4 cm³/mol. The van der Waals surface area contributed by atoms with Gasteiger partial charge in [-0.3, -0.25) is 4.79 Å².